The highest BCUT2D eigenvalue weighted by Crippen LogP contribution is 2.33. The molecule has 1 amide bonds. The normalized spacial score (nSPS) is 17.2. The second-order valence-electron chi connectivity index (χ2n) is 5.44. The van der Waals surface area contributed by atoms with Crippen LogP contribution in [0.5, 0.6) is 0 Å². The van der Waals surface area contributed by atoms with Crippen LogP contribution in [0.3, 0.4) is 0 Å². The summed E-state index contributed by atoms with van der Waals surface area (Å²) in [6, 6.07) is 17.3. The van der Waals surface area contributed by atoms with E-state index in [-0.39, 0.29) is 18.3 Å². The second-order valence-corrected chi connectivity index (χ2v) is 5.44. The van der Waals surface area contributed by atoms with E-state index < -0.39 is 5.92 Å². The van der Waals surface area contributed by atoms with Crippen molar-refractivity contribution in [2.75, 3.05) is 23.9 Å². The van der Waals surface area contributed by atoms with Gasteiger partial charge in [-0.05, 0) is 24.3 Å². The van der Waals surface area contributed by atoms with Gasteiger partial charge in [0.2, 0.25) is 5.91 Å². The zero-order chi connectivity index (χ0) is 16.2. The molecule has 1 saturated heterocycles. The van der Waals surface area contributed by atoms with E-state index in [9.17, 15) is 9.59 Å². The maximum absolute atomic E-state index is 12.3. The van der Waals surface area contributed by atoms with Crippen LogP contribution in [0.15, 0.2) is 54.6 Å². The molecule has 0 aliphatic carbocycles. The first-order chi connectivity index (χ1) is 11.2. The van der Waals surface area contributed by atoms with Crippen molar-refractivity contribution in [1.29, 1.82) is 0 Å². The van der Waals surface area contributed by atoms with Crippen LogP contribution in [0, 0.1) is 5.92 Å². The van der Waals surface area contributed by atoms with E-state index in [0.29, 0.717) is 6.54 Å². The first-order valence-corrected chi connectivity index (χ1v) is 7.48. The standard InChI is InChI=1S/C18H18N2O3/c1-23-18(22)13-11-17(21)20(12-13)16-10-6-5-9-15(16)19-14-7-3-2-4-8-14/h2-10,13,19H,11-12H2,1H3. The molecule has 5 heteroatoms. The summed E-state index contributed by atoms with van der Waals surface area (Å²) in [5.41, 5.74) is 2.54. The number of benzene rings is 2. The van der Waals surface area contributed by atoms with Gasteiger partial charge < -0.3 is 15.0 Å². The van der Waals surface area contributed by atoms with Crippen LogP contribution >= 0.6 is 0 Å². The van der Waals surface area contributed by atoms with E-state index in [1.165, 1.54) is 7.11 Å². The van der Waals surface area contributed by atoms with E-state index in [0.717, 1.165) is 17.1 Å². The molecule has 118 valence electrons. The summed E-state index contributed by atoms with van der Waals surface area (Å²) in [5.74, 6) is -0.811. The molecule has 3 rings (SSSR count). The molecule has 1 heterocycles. The SMILES string of the molecule is COC(=O)C1CC(=O)N(c2ccccc2Nc2ccccc2)C1. The molecule has 2 aromatic carbocycles. The van der Waals surface area contributed by atoms with Gasteiger partial charge in [-0.15, -0.1) is 0 Å². The Kier molecular flexibility index (Phi) is 4.28. The molecule has 1 atom stereocenters. The van der Waals surface area contributed by atoms with E-state index in [1.54, 1.807) is 4.90 Å². The zero-order valence-corrected chi connectivity index (χ0v) is 12.9. The summed E-state index contributed by atoms with van der Waals surface area (Å²) >= 11 is 0. The van der Waals surface area contributed by atoms with Gasteiger partial charge in [-0.1, -0.05) is 30.3 Å². The molecule has 1 aliphatic rings. The Labute approximate surface area is 134 Å². The molecule has 1 unspecified atom stereocenters. The van der Waals surface area contributed by atoms with Crippen molar-refractivity contribution >= 4 is 28.9 Å². The van der Waals surface area contributed by atoms with E-state index >= 15 is 0 Å². The number of hydrogen-bond acceptors (Lipinski definition) is 4. The quantitative estimate of drug-likeness (QED) is 0.882. The van der Waals surface area contributed by atoms with Crippen molar-refractivity contribution in [3.63, 3.8) is 0 Å². The van der Waals surface area contributed by atoms with Gasteiger partial charge in [0.15, 0.2) is 0 Å². The van der Waals surface area contributed by atoms with E-state index in [1.807, 2.05) is 54.6 Å². The summed E-state index contributed by atoms with van der Waals surface area (Å²) in [6.45, 7) is 0.346. The highest BCUT2D eigenvalue weighted by Gasteiger charge is 2.36. The molecule has 1 aliphatic heterocycles. The molecule has 5 nitrogen and oxygen atoms in total. The average molecular weight is 310 g/mol. The Morgan fingerprint density at radius 1 is 1.13 bits per heavy atom. The van der Waals surface area contributed by atoms with Crippen LogP contribution in [0.4, 0.5) is 17.1 Å². The Hall–Kier alpha value is -2.82. The van der Waals surface area contributed by atoms with Crippen molar-refractivity contribution in [3.05, 3.63) is 54.6 Å². The lowest BCUT2D eigenvalue weighted by atomic mass is 10.1. The molecule has 0 spiro atoms. The zero-order valence-electron chi connectivity index (χ0n) is 12.9. The third-order valence-corrected chi connectivity index (χ3v) is 3.91. The van der Waals surface area contributed by atoms with Gasteiger partial charge in [0.05, 0.1) is 24.4 Å². The number of anilines is 3. The van der Waals surface area contributed by atoms with Crippen LogP contribution in [-0.4, -0.2) is 25.5 Å². The van der Waals surface area contributed by atoms with Crippen LogP contribution in [0.25, 0.3) is 0 Å². The average Bonchev–Trinajstić information content (AvgIpc) is 2.97. The van der Waals surface area contributed by atoms with Gasteiger partial charge in [-0.25, -0.2) is 0 Å². The summed E-state index contributed by atoms with van der Waals surface area (Å²) in [4.78, 5) is 25.6. The number of rotatable bonds is 4. The molecule has 0 bridgehead atoms. The molecule has 2 aromatic rings. The smallest absolute Gasteiger partial charge is 0.311 e. The lowest BCUT2D eigenvalue weighted by Gasteiger charge is -2.21. The fourth-order valence-electron chi connectivity index (χ4n) is 2.76. The lowest BCUT2D eigenvalue weighted by molar-refractivity contribution is -0.145. The van der Waals surface area contributed by atoms with Crippen LogP contribution in [0.2, 0.25) is 0 Å². The fourth-order valence-corrected chi connectivity index (χ4v) is 2.76. The van der Waals surface area contributed by atoms with Gasteiger partial charge in [0.1, 0.15) is 0 Å². The third kappa shape index (κ3) is 3.18. The first-order valence-electron chi connectivity index (χ1n) is 7.48. The number of amides is 1. The Balaban J connectivity index is 1.86. The predicted molar refractivity (Wildman–Crippen MR) is 88.6 cm³/mol. The molecular weight excluding hydrogens is 292 g/mol. The third-order valence-electron chi connectivity index (χ3n) is 3.91. The first kappa shape index (κ1) is 15.1. The summed E-state index contributed by atoms with van der Waals surface area (Å²) < 4.78 is 4.76. The largest absolute Gasteiger partial charge is 0.469 e. The molecule has 1 fully saturated rings. The minimum Gasteiger partial charge on any atom is -0.469 e. The van der Waals surface area contributed by atoms with E-state index in [4.69, 9.17) is 4.74 Å². The van der Waals surface area contributed by atoms with Crippen molar-refractivity contribution in [2.45, 2.75) is 6.42 Å². The predicted octanol–water partition coefficient (Wildman–Crippen LogP) is 2.96. The molecule has 0 radical (unpaired) electrons. The lowest BCUT2D eigenvalue weighted by Crippen LogP contribution is -2.26. The number of esters is 1. The van der Waals surface area contributed by atoms with Gasteiger partial charge in [-0.3, -0.25) is 9.59 Å². The summed E-state index contributed by atoms with van der Waals surface area (Å²) in [7, 11) is 1.35. The number of ether oxygens (including phenoxy) is 1. The minimum atomic E-state index is -0.405. The van der Waals surface area contributed by atoms with Gasteiger partial charge in [0.25, 0.3) is 0 Å². The van der Waals surface area contributed by atoms with Gasteiger partial charge >= 0.3 is 5.97 Å². The van der Waals surface area contributed by atoms with Crippen molar-refractivity contribution < 1.29 is 14.3 Å². The number of methoxy groups -OCH3 is 1. The van der Waals surface area contributed by atoms with Crippen LogP contribution in [0.1, 0.15) is 6.42 Å². The van der Waals surface area contributed by atoms with Crippen LogP contribution in [-0.2, 0) is 14.3 Å². The maximum atomic E-state index is 12.3. The minimum absolute atomic E-state index is 0.0669. The van der Waals surface area contributed by atoms with E-state index in [2.05, 4.69) is 5.32 Å². The monoisotopic (exact) mass is 310 g/mol. The van der Waals surface area contributed by atoms with Crippen molar-refractivity contribution in [3.8, 4) is 0 Å². The van der Waals surface area contributed by atoms with Gasteiger partial charge in [-0.2, -0.15) is 0 Å². The Morgan fingerprint density at radius 2 is 1.83 bits per heavy atom. The number of para-hydroxylation sites is 3. The highest BCUT2D eigenvalue weighted by molar-refractivity contribution is 6.02. The fraction of sp³-hybridized carbons (Fsp3) is 0.222. The molecular formula is C18H18N2O3. The number of nitrogens with one attached hydrogen (secondary N) is 1. The molecule has 23 heavy (non-hydrogen) atoms. The second kappa shape index (κ2) is 6.52. The highest BCUT2D eigenvalue weighted by atomic mass is 16.5. The molecule has 1 N–H and O–H groups in total. The summed E-state index contributed by atoms with van der Waals surface area (Å²) in [5, 5.41) is 3.32. The van der Waals surface area contributed by atoms with Crippen molar-refractivity contribution in [1.82, 2.24) is 0 Å². The number of carbonyl (C=O) groups excluding carboxylic acids is 2. The number of carbonyl (C=O) groups is 2. The Morgan fingerprint density at radius 3 is 2.57 bits per heavy atom. The molecule has 0 aromatic heterocycles. The van der Waals surface area contributed by atoms with Gasteiger partial charge in [0, 0.05) is 18.7 Å². The van der Waals surface area contributed by atoms with Crippen LogP contribution < -0.4 is 10.2 Å². The summed E-state index contributed by atoms with van der Waals surface area (Å²) in [6.07, 6.45) is 0.187. The topological polar surface area (TPSA) is 58.6 Å². The van der Waals surface area contributed by atoms with Crippen molar-refractivity contribution in [2.24, 2.45) is 5.92 Å². The Bertz CT molecular complexity index is 715. The molecule has 0 saturated carbocycles. The number of nitrogens with zero attached hydrogens (tertiary/aromatic N) is 1. The maximum Gasteiger partial charge on any atom is 0.311 e. The number of hydrogen-bond donors (Lipinski definition) is 1.